The molecule has 1 amide bonds. The van der Waals surface area contributed by atoms with E-state index < -0.39 is 0 Å². The number of ether oxygens (including phenoxy) is 1. The van der Waals surface area contributed by atoms with Crippen molar-refractivity contribution in [2.45, 2.75) is 0 Å². The van der Waals surface area contributed by atoms with Gasteiger partial charge in [-0.2, -0.15) is 0 Å². The van der Waals surface area contributed by atoms with Crippen LogP contribution in [0.3, 0.4) is 0 Å². The van der Waals surface area contributed by atoms with Crippen LogP contribution in [-0.4, -0.2) is 53.9 Å². The average Bonchev–Trinajstić information content (AvgIpc) is 2.76. The Kier molecular flexibility index (Phi) is 5.72. The highest BCUT2D eigenvalue weighted by atomic mass is 16.5. The quantitative estimate of drug-likeness (QED) is 0.716. The van der Waals surface area contributed by atoms with E-state index in [1.165, 1.54) is 0 Å². The molecule has 1 aliphatic rings. The summed E-state index contributed by atoms with van der Waals surface area (Å²) in [5, 5.41) is 3.30. The normalized spacial score (nSPS) is 14.4. The summed E-state index contributed by atoms with van der Waals surface area (Å²) in [6.45, 7) is 3.29. The summed E-state index contributed by atoms with van der Waals surface area (Å²) in [5.41, 5.74) is 2.23. The number of hydrogen-bond acceptors (Lipinski definition) is 5. The van der Waals surface area contributed by atoms with E-state index in [2.05, 4.69) is 22.2 Å². The maximum Gasteiger partial charge on any atom is 0.272 e. The van der Waals surface area contributed by atoms with Gasteiger partial charge in [0.05, 0.1) is 11.9 Å². The third-order valence-electron chi connectivity index (χ3n) is 4.89. The van der Waals surface area contributed by atoms with Crippen molar-refractivity contribution in [1.29, 1.82) is 0 Å². The van der Waals surface area contributed by atoms with Crippen molar-refractivity contribution < 1.29 is 9.53 Å². The third kappa shape index (κ3) is 4.92. The van der Waals surface area contributed by atoms with Crippen molar-refractivity contribution in [1.82, 2.24) is 14.8 Å². The molecular formula is C23H24N4O2. The van der Waals surface area contributed by atoms with Crippen LogP contribution in [-0.2, 0) is 0 Å². The summed E-state index contributed by atoms with van der Waals surface area (Å²) in [6, 6.07) is 21.0. The van der Waals surface area contributed by atoms with Crippen LogP contribution < -0.4 is 10.1 Å². The highest BCUT2D eigenvalue weighted by Gasteiger charge is 2.21. The highest BCUT2D eigenvalue weighted by Crippen LogP contribution is 2.24. The molecule has 1 aliphatic heterocycles. The van der Waals surface area contributed by atoms with E-state index in [0.717, 1.165) is 49.1 Å². The molecule has 0 unspecified atom stereocenters. The molecular weight excluding hydrogens is 364 g/mol. The first-order valence-electron chi connectivity index (χ1n) is 9.71. The Hall–Kier alpha value is -3.38. The molecule has 6 nitrogen and oxygen atoms in total. The van der Waals surface area contributed by atoms with Crippen molar-refractivity contribution in [3.05, 3.63) is 78.6 Å². The van der Waals surface area contributed by atoms with Crippen LogP contribution in [0.15, 0.2) is 72.9 Å². The molecule has 6 heteroatoms. The van der Waals surface area contributed by atoms with Gasteiger partial charge >= 0.3 is 0 Å². The number of carbonyl (C=O) groups is 1. The summed E-state index contributed by atoms with van der Waals surface area (Å²) < 4.78 is 5.80. The number of hydrogen-bond donors (Lipinski definition) is 1. The molecule has 0 bridgehead atoms. The number of nitrogens with one attached hydrogen (secondary N) is 1. The summed E-state index contributed by atoms with van der Waals surface area (Å²) in [4.78, 5) is 21.0. The Labute approximate surface area is 170 Å². The minimum atomic E-state index is -0.00735. The number of anilines is 2. The number of pyridine rings is 1. The van der Waals surface area contributed by atoms with Gasteiger partial charge < -0.3 is 19.9 Å². The van der Waals surface area contributed by atoms with Gasteiger partial charge in [0, 0.05) is 31.9 Å². The zero-order valence-electron chi connectivity index (χ0n) is 16.4. The first kappa shape index (κ1) is 19.0. The van der Waals surface area contributed by atoms with Gasteiger partial charge in [0.1, 0.15) is 17.2 Å². The Balaban J connectivity index is 1.35. The van der Waals surface area contributed by atoms with Crippen molar-refractivity contribution >= 4 is 17.3 Å². The van der Waals surface area contributed by atoms with Crippen LogP contribution in [0.5, 0.6) is 11.5 Å². The molecule has 3 aromatic rings. The van der Waals surface area contributed by atoms with E-state index in [0.29, 0.717) is 5.69 Å². The molecule has 1 aromatic heterocycles. The SMILES string of the molecule is CN1CCN(C(=O)c2ccc(Nc3ccc(Oc4ccccc4)cc3)cn2)CC1. The lowest BCUT2D eigenvalue weighted by atomic mass is 10.2. The number of rotatable bonds is 5. The van der Waals surface area contributed by atoms with Crippen LogP contribution in [0.2, 0.25) is 0 Å². The summed E-state index contributed by atoms with van der Waals surface area (Å²) in [5.74, 6) is 1.57. The molecule has 0 atom stereocenters. The van der Waals surface area contributed by atoms with E-state index in [9.17, 15) is 4.79 Å². The van der Waals surface area contributed by atoms with Crippen molar-refractivity contribution in [3.8, 4) is 11.5 Å². The second-order valence-electron chi connectivity index (χ2n) is 7.09. The van der Waals surface area contributed by atoms with Gasteiger partial charge in [-0.1, -0.05) is 18.2 Å². The molecule has 1 saturated heterocycles. The Morgan fingerprint density at radius 2 is 1.52 bits per heavy atom. The van der Waals surface area contributed by atoms with Crippen LogP contribution in [0.4, 0.5) is 11.4 Å². The van der Waals surface area contributed by atoms with E-state index >= 15 is 0 Å². The van der Waals surface area contributed by atoms with Crippen molar-refractivity contribution in [2.24, 2.45) is 0 Å². The van der Waals surface area contributed by atoms with Gasteiger partial charge in [0.15, 0.2) is 0 Å². The van der Waals surface area contributed by atoms with Gasteiger partial charge in [-0.05, 0) is 55.6 Å². The molecule has 148 valence electrons. The van der Waals surface area contributed by atoms with Gasteiger partial charge in [0.2, 0.25) is 0 Å². The summed E-state index contributed by atoms with van der Waals surface area (Å²) in [7, 11) is 2.07. The summed E-state index contributed by atoms with van der Waals surface area (Å²) >= 11 is 0. The maximum atomic E-state index is 12.6. The molecule has 2 heterocycles. The van der Waals surface area contributed by atoms with Gasteiger partial charge in [-0.25, -0.2) is 4.98 Å². The number of aromatic nitrogens is 1. The molecule has 1 N–H and O–H groups in total. The minimum absolute atomic E-state index is 0.00735. The largest absolute Gasteiger partial charge is 0.457 e. The molecule has 0 spiro atoms. The number of amides is 1. The maximum absolute atomic E-state index is 12.6. The molecule has 0 aliphatic carbocycles. The topological polar surface area (TPSA) is 57.7 Å². The second kappa shape index (κ2) is 8.75. The number of carbonyl (C=O) groups excluding carboxylic acids is 1. The standard InChI is InChI=1S/C23H24N4O2/c1-26-13-15-27(16-14-26)23(28)22-12-9-19(17-24-22)25-18-7-10-21(11-8-18)29-20-5-3-2-4-6-20/h2-12,17,25H,13-16H2,1H3. The second-order valence-corrected chi connectivity index (χ2v) is 7.09. The lowest BCUT2D eigenvalue weighted by Gasteiger charge is -2.32. The molecule has 4 rings (SSSR count). The first-order chi connectivity index (χ1) is 14.2. The number of para-hydroxylation sites is 1. The van der Waals surface area contributed by atoms with E-state index in [1.807, 2.05) is 65.6 Å². The lowest BCUT2D eigenvalue weighted by Crippen LogP contribution is -2.47. The molecule has 2 aromatic carbocycles. The Morgan fingerprint density at radius 1 is 0.862 bits per heavy atom. The molecule has 0 radical (unpaired) electrons. The van der Waals surface area contributed by atoms with Gasteiger partial charge in [-0.15, -0.1) is 0 Å². The van der Waals surface area contributed by atoms with Crippen molar-refractivity contribution in [3.63, 3.8) is 0 Å². The van der Waals surface area contributed by atoms with Crippen LogP contribution >= 0.6 is 0 Å². The Morgan fingerprint density at radius 3 is 2.17 bits per heavy atom. The fraction of sp³-hybridized carbons (Fsp3) is 0.217. The summed E-state index contributed by atoms with van der Waals surface area (Å²) in [6.07, 6.45) is 1.69. The minimum Gasteiger partial charge on any atom is -0.457 e. The zero-order valence-corrected chi connectivity index (χ0v) is 16.4. The highest BCUT2D eigenvalue weighted by molar-refractivity contribution is 5.92. The van der Waals surface area contributed by atoms with E-state index in [4.69, 9.17) is 4.74 Å². The number of benzene rings is 2. The van der Waals surface area contributed by atoms with Crippen molar-refractivity contribution in [2.75, 3.05) is 38.5 Å². The van der Waals surface area contributed by atoms with Crippen LogP contribution in [0.1, 0.15) is 10.5 Å². The van der Waals surface area contributed by atoms with E-state index in [1.54, 1.807) is 12.3 Å². The smallest absolute Gasteiger partial charge is 0.272 e. The fourth-order valence-electron chi connectivity index (χ4n) is 3.16. The first-order valence-corrected chi connectivity index (χ1v) is 9.71. The van der Waals surface area contributed by atoms with Crippen LogP contribution in [0, 0.1) is 0 Å². The zero-order chi connectivity index (χ0) is 20.1. The molecule has 0 saturated carbocycles. The number of nitrogens with zero attached hydrogens (tertiary/aromatic N) is 3. The fourth-order valence-corrected chi connectivity index (χ4v) is 3.16. The van der Waals surface area contributed by atoms with Gasteiger partial charge in [-0.3, -0.25) is 4.79 Å². The molecule has 29 heavy (non-hydrogen) atoms. The monoisotopic (exact) mass is 388 g/mol. The predicted octanol–water partition coefficient (Wildman–Crippen LogP) is 4.01. The van der Waals surface area contributed by atoms with E-state index in [-0.39, 0.29) is 5.91 Å². The van der Waals surface area contributed by atoms with Crippen LogP contribution in [0.25, 0.3) is 0 Å². The lowest BCUT2D eigenvalue weighted by molar-refractivity contribution is 0.0658. The number of likely N-dealkylation sites (N-methyl/N-ethyl adjacent to an activating group) is 1. The van der Waals surface area contributed by atoms with Gasteiger partial charge in [0.25, 0.3) is 5.91 Å². The molecule has 1 fully saturated rings. The average molecular weight is 388 g/mol. The predicted molar refractivity (Wildman–Crippen MR) is 114 cm³/mol. The number of piperazine rings is 1. The third-order valence-corrected chi connectivity index (χ3v) is 4.89. The Bertz CT molecular complexity index is 935.